The summed E-state index contributed by atoms with van der Waals surface area (Å²) < 4.78 is 13.7. The van der Waals surface area contributed by atoms with E-state index in [2.05, 4.69) is 199 Å². The lowest BCUT2D eigenvalue weighted by molar-refractivity contribution is 0.628. The molecule has 8 heterocycles. The van der Waals surface area contributed by atoms with E-state index in [-0.39, 0.29) is 5.82 Å². The monoisotopic (exact) mass is 1410 g/mol. The number of aryl methyl sites for hydroxylation is 1. The van der Waals surface area contributed by atoms with E-state index in [1.54, 1.807) is 24.5 Å². The summed E-state index contributed by atoms with van der Waals surface area (Å²) in [5.41, 5.74) is 29.7. The molecule has 0 saturated carbocycles. The molecular formula is C99H67FN10. The summed E-state index contributed by atoms with van der Waals surface area (Å²) >= 11 is 0. The third-order valence-corrected chi connectivity index (χ3v) is 19.2. The van der Waals surface area contributed by atoms with Crippen LogP contribution in [0.5, 0.6) is 0 Å². The maximum Gasteiger partial charge on any atom is 0.160 e. The van der Waals surface area contributed by atoms with Gasteiger partial charge in [-0.15, -0.1) is 0 Å². The molecule has 0 radical (unpaired) electrons. The third kappa shape index (κ3) is 15.6. The minimum atomic E-state index is -0.277. The van der Waals surface area contributed by atoms with Gasteiger partial charge in [0.25, 0.3) is 0 Å². The lowest BCUT2D eigenvalue weighted by Gasteiger charge is -2.11. The predicted octanol–water partition coefficient (Wildman–Crippen LogP) is 24.4. The van der Waals surface area contributed by atoms with Crippen molar-refractivity contribution in [2.75, 3.05) is 0 Å². The van der Waals surface area contributed by atoms with Gasteiger partial charge in [0.05, 0.1) is 68.3 Å². The van der Waals surface area contributed by atoms with Gasteiger partial charge in [-0.3, -0.25) is 19.9 Å². The summed E-state index contributed by atoms with van der Waals surface area (Å²) in [7, 11) is 0. The third-order valence-electron chi connectivity index (χ3n) is 19.2. The summed E-state index contributed by atoms with van der Waals surface area (Å²) in [5.74, 6) is 1.13. The van der Waals surface area contributed by atoms with Crippen molar-refractivity contribution in [1.82, 2.24) is 49.8 Å². The molecule has 520 valence electrons. The van der Waals surface area contributed by atoms with Crippen LogP contribution in [0.25, 0.3) is 180 Å². The number of hydrogen-bond acceptors (Lipinski definition) is 10. The first-order chi connectivity index (χ1) is 54.2. The van der Waals surface area contributed by atoms with Gasteiger partial charge in [-0.25, -0.2) is 34.3 Å². The Balaban J connectivity index is 0.000000160. The van der Waals surface area contributed by atoms with Crippen LogP contribution in [-0.4, -0.2) is 49.8 Å². The van der Waals surface area contributed by atoms with Crippen LogP contribution >= 0.6 is 0 Å². The Hall–Kier alpha value is -14.8. The minimum absolute atomic E-state index is 0.277. The number of benzene rings is 10. The van der Waals surface area contributed by atoms with Gasteiger partial charge in [-0.2, -0.15) is 0 Å². The first-order valence-electron chi connectivity index (χ1n) is 36.3. The summed E-state index contributed by atoms with van der Waals surface area (Å²) in [6.07, 6.45) is 7.35. The number of halogens is 1. The lowest BCUT2D eigenvalue weighted by atomic mass is 9.99. The summed E-state index contributed by atoms with van der Waals surface area (Å²) in [4.78, 5) is 48.5. The molecule has 18 rings (SSSR count). The molecule has 10 aromatic carbocycles. The zero-order chi connectivity index (χ0) is 74.0. The van der Waals surface area contributed by atoms with E-state index in [0.717, 1.165) is 163 Å². The number of pyridine rings is 6. The number of aromatic nitrogens is 10. The normalized spacial score (nSPS) is 11.0. The standard InChI is InChI=1S/C50H35N5.C49H32FN5/c1-34-15-17-38(18-16-34)43-30-48(44-14-8-9-29-51-44)53-49(31-43)45-28-27-42(33-52-45)37-21-19-35(20-22-37)36-23-25-40(26-24-36)47-32-46(39-10-4-2-5-11-39)54-50(55-47)41-12-6-3-7-13-41;50-42-25-22-36(23-26-42)41-29-47(43-13-7-8-28-51-43)53-48(30-41)44-27-24-40(32-52-44)35-16-14-33(15-17-35)34-18-20-38(21-19-34)46-31-45(37-9-3-1-4-10-37)54-49(55-46)39-11-5-2-6-12-39/h2-33H,1H3;1-32H. The topological polar surface area (TPSA) is 129 Å². The molecular weight excluding hydrogens is 1350 g/mol. The Bertz CT molecular complexity index is 5670. The van der Waals surface area contributed by atoms with Crippen LogP contribution in [0.2, 0.25) is 0 Å². The molecule has 18 aromatic rings. The molecule has 10 nitrogen and oxygen atoms in total. The van der Waals surface area contributed by atoms with Gasteiger partial charge in [0.1, 0.15) is 5.82 Å². The summed E-state index contributed by atoms with van der Waals surface area (Å²) in [6.45, 7) is 2.10. The quantitative estimate of drug-likeness (QED) is 0.0922. The van der Waals surface area contributed by atoms with Crippen molar-refractivity contribution in [3.05, 3.63) is 400 Å². The Morgan fingerprint density at radius 2 is 0.427 bits per heavy atom. The lowest BCUT2D eigenvalue weighted by Crippen LogP contribution is -1.95. The van der Waals surface area contributed by atoms with Gasteiger partial charge in [-0.05, 0) is 147 Å². The number of nitrogens with zero attached hydrogens (tertiary/aromatic N) is 10. The fourth-order valence-corrected chi connectivity index (χ4v) is 13.3. The zero-order valence-electron chi connectivity index (χ0n) is 59.8. The van der Waals surface area contributed by atoms with Crippen molar-refractivity contribution in [2.45, 2.75) is 6.92 Å². The van der Waals surface area contributed by atoms with Gasteiger partial charge in [0.2, 0.25) is 0 Å². The highest BCUT2D eigenvalue weighted by molar-refractivity contribution is 5.81. The Labute approximate surface area is 637 Å². The SMILES string of the molecule is Cc1ccc(-c2cc(-c3ccccn3)nc(-c3ccc(-c4ccc(-c5ccc(-c6cc(-c7ccccc7)nc(-c7ccccc7)n6)cc5)cc4)cn3)c2)cc1.Fc1ccc(-c2cc(-c3ccccn3)nc(-c3ccc(-c4ccc(-c5ccc(-c6cc(-c7ccccc7)nc(-c7ccccc7)n6)cc5)cc4)cn3)c2)cc1. The van der Waals surface area contributed by atoms with Crippen LogP contribution < -0.4 is 0 Å². The molecule has 0 amide bonds. The molecule has 110 heavy (non-hydrogen) atoms. The van der Waals surface area contributed by atoms with E-state index in [0.29, 0.717) is 17.3 Å². The smallest absolute Gasteiger partial charge is 0.160 e. The van der Waals surface area contributed by atoms with Gasteiger partial charge < -0.3 is 0 Å². The van der Waals surface area contributed by atoms with Gasteiger partial charge in [-0.1, -0.05) is 285 Å². The predicted molar refractivity (Wildman–Crippen MR) is 443 cm³/mol. The fourth-order valence-electron chi connectivity index (χ4n) is 13.3. The average Bonchev–Trinajstić information content (AvgIpc) is 0.810. The highest BCUT2D eigenvalue weighted by Crippen LogP contribution is 2.37. The van der Waals surface area contributed by atoms with E-state index in [4.69, 9.17) is 39.9 Å². The molecule has 0 saturated heterocycles. The van der Waals surface area contributed by atoms with Crippen LogP contribution in [-0.2, 0) is 0 Å². The van der Waals surface area contributed by atoms with Crippen LogP contribution in [0, 0.1) is 12.7 Å². The molecule has 0 fully saturated rings. The van der Waals surface area contributed by atoms with Gasteiger partial charge in [0.15, 0.2) is 11.6 Å². The molecule has 0 spiro atoms. The molecule has 0 aliphatic rings. The van der Waals surface area contributed by atoms with Crippen LogP contribution in [0.1, 0.15) is 5.56 Å². The number of rotatable bonds is 16. The fraction of sp³-hybridized carbons (Fsp3) is 0.0101. The molecule has 0 aliphatic carbocycles. The van der Waals surface area contributed by atoms with E-state index in [9.17, 15) is 4.39 Å². The van der Waals surface area contributed by atoms with Crippen molar-refractivity contribution in [1.29, 1.82) is 0 Å². The van der Waals surface area contributed by atoms with E-state index >= 15 is 0 Å². The van der Waals surface area contributed by atoms with Gasteiger partial charge >= 0.3 is 0 Å². The van der Waals surface area contributed by atoms with Crippen LogP contribution in [0.15, 0.2) is 389 Å². The molecule has 0 bridgehead atoms. The van der Waals surface area contributed by atoms with Crippen LogP contribution in [0.3, 0.4) is 0 Å². The Kier molecular flexibility index (Phi) is 19.5. The zero-order valence-corrected chi connectivity index (χ0v) is 59.8. The maximum atomic E-state index is 13.7. The Morgan fingerprint density at radius 1 is 0.173 bits per heavy atom. The minimum Gasteiger partial charge on any atom is -0.255 e. The highest BCUT2D eigenvalue weighted by Gasteiger charge is 2.18. The van der Waals surface area contributed by atoms with Crippen molar-refractivity contribution >= 4 is 0 Å². The number of hydrogen-bond donors (Lipinski definition) is 0. The van der Waals surface area contributed by atoms with Gasteiger partial charge in [0, 0.05) is 69.3 Å². The molecule has 0 N–H and O–H groups in total. The molecule has 0 atom stereocenters. The first kappa shape index (κ1) is 68.3. The average molecular weight is 1420 g/mol. The van der Waals surface area contributed by atoms with E-state index in [1.165, 1.54) is 17.7 Å². The van der Waals surface area contributed by atoms with E-state index < -0.39 is 0 Å². The highest BCUT2D eigenvalue weighted by atomic mass is 19.1. The molecule has 11 heteroatoms. The first-order valence-corrected chi connectivity index (χ1v) is 36.3. The molecule has 0 aliphatic heterocycles. The maximum absolute atomic E-state index is 13.7. The summed E-state index contributed by atoms with van der Waals surface area (Å²) in [5, 5.41) is 0. The second kappa shape index (κ2) is 31.5. The molecule has 8 aromatic heterocycles. The largest absolute Gasteiger partial charge is 0.255 e. The van der Waals surface area contributed by atoms with Crippen molar-refractivity contribution in [3.63, 3.8) is 0 Å². The van der Waals surface area contributed by atoms with Crippen molar-refractivity contribution in [3.8, 4) is 180 Å². The van der Waals surface area contributed by atoms with Crippen molar-refractivity contribution < 1.29 is 4.39 Å². The second-order valence-electron chi connectivity index (χ2n) is 26.6. The van der Waals surface area contributed by atoms with Crippen molar-refractivity contribution in [2.24, 2.45) is 0 Å². The van der Waals surface area contributed by atoms with E-state index in [1.807, 2.05) is 170 Å². The molecule has 0 unspecified atom stereocenters. The summed E-state index contributed by atoms with van der Waals surface area (Å²) in [6, 6.07) is 122. The Morgan fingerprint density at radius 3 is 0.736 bits per heavy atom. The second-order valence-corrected chi connectivity index (χ2v) is 26.6. The van der Waals surface area contributed by atoms with Crippen LogP contribution in [0.4, 0.5) is 4.39 Å².